The Hall–Kier alpha value is -1.43. The van der Waals surface area contributed by atoms with Crippen LogP contribution < -0.4 is 0 Å². The Kier molecular flexibility index (Phi) is 4.99. The van der Waals surface area contributed by atoms with Gasteiger partial charge in [0.25, 0.3) is 0 Å². The van der Waals surface area contributed by atoms with Gasteiger partial charge in [0.15, 0.2) is 0 Å². The lowest BCUT2D eigenvalue weighted by molar-refractivity contribution is -0.145. The van der Waals surface area contributed by atoms with Gasteiger partial charge in [0.05, 0.1) is 16.1 Å². The van der Waals surface area contributed by atoms with Gasteiger partial charge >= 0.3 is 5.97 Å². The largest absolute Gasteiger partial charge is 0.480 e. The highest BCUT2D eigenvalue weighted by Crippen LogP contribution is 2.37. The Bertz CT molecular complexity index is 686. The number of hydrogen-bond acceptors (Lipinski definition) is 4. The Balaban J connectivity index is 2.03. The van der Waals surface area contributed by atoms with E-state index in [1.54, 1.807) is 0 Å². The lowest BCUT2D eigenvalue weighted by Gasteiger charge is -2.38. The first kappa shape index (κ1) is 16.4. The summed E-state index contributed by atoms with van der Waals surface area (Å²) in [4.78, 5) is 19.4. The topological polar surface area (TPSA) is 53.4 Å². The van der Waals surface area contributed by atoms with E-state index in [2.05, 4.69) is 9.88 Å². The molecule has 0 aromatic carbocycles. The molecule has 0 aliphatic carbocycles. The Labute approximate surface area is 144 Å². The number of nitrogens with zero attached hydrogens (tertiary/aromatic N) is 2. The van der Waals surface area contributed by atoms with Crippen LogP contribution in [-0.2, 0) is 4.79 Å². The number of aliphatic carboxylic acids is 1. The summed E-state index contributed by atoms with van der Waals surface area (Å²) in [5.74, 6) is -0.760. The number of likely N-dealkylation sites (tertiary alicyclic amines) is 1. The molecule has 1 saturated heterocycles. The summed E-state index contributed by atoms with van der Waals surface area (Å²) in [5.41, 5.74) is 1.97. The Morgan fingerprint density at radius 3 is 2.83 bits per heavy atom. The van der Waals surface area contributed by atoms with E-state index >= 15 is 0 Å². The first-order valence-electron chi connectivity index (χ1n) is 7.72. The molecule has 1 fully saturated rings. The summed E-state index contributed by atoms with van der Waals surface area (Å²) in [6.07, 6.45) is 4.46. The number of piperidine rings is 1. The van der Waals surface area contributed by atoms with Crippen molar-refractivity contribution in [2.45, 2.75) is 38.3 Å². The van der Waals surface area contributed by atoms with Crippen molar-refractivity contribution in [3.63, 3.8) is 0 Å². The van der Waals surface area contributed by atoms with E-state index in [-0.39, 0.29) is 6.04 Å². The zero-order valence-corrected chi connectivity index (χ0v) is 14.5. The molecule has 0 bridgehead atoms. The van der Waals surface area contributed by atoms with Crippen LogP contribution in [0.5, 0.6) is 0 Å². The molecular formula is C17H19ClN2O2S. The Morgan fingerprint density at radius 2 is 2.22 bits per heavy atom. The maximum Gasteiger partial charge on any atom is 0.320 e. The number of hydrogen-bond donors (Lipinski definition) is 1. The molecule has 6 heteroatoms. The van der Waals surface area contributed by atoms with Gasteiger partial charge in [-0.2, -0.15) is 0 Å². The van der Waals surface area contributed by atoms with Crippen molar-refractivity contribution < 1.29 is 9.90 Å². The molecule has 1 aliphatic rings. The fourth-order valence-electron chi connectivity index (χ4n) is 3.12. The van der Waals surface area contributed by atoms with Gasteiger partial charge < -0.3 is 5.11 Å². The average molecular weight is 351 g/mol. The number of carbonyl (C=O) groups is 1. The number of thiophene rings is 1. The molecular weight excluding hydrogens is 332 g/mol. The summed E-state index contributed by atoms with van der Waals surface area (Å²) >= 11 is 7.61. The fraction of sp³-hybridized carbons (Fsp3) is 0.412. The van der Waals surface area contributed by atoms with Crippen molar-refractivity contribution in [2.75, 3.05) is 6.54 Å². The predicted octanol–water partition coefficient (Wildman–Crippen LogP) is 4.13. The number of rotatable bonds is 4. The number of halogens is 1. The van der Waals surface area contributed by atoms with Gasteiger partial charge in [0, 0.05) is 17.6 Å². The molecule has 23 heavy (non-hydrogen) atoms. The summed E-state index contributed by atoms with van der Waals surface area (Å²) in [7, 11) is 0. The third kappa shape index (κ3) is 3.57. The molecule has 3 rings (SSSR count). The average Bonchev–Trinajstić information content (AvgIpc) is 2.96. The first-order chi connectivity index (χ1) is 11.1. The smallest absolute Gasteiger partial charge is 0.320 e. The normalized spacial score (nSPS) is 20.3. The minimum absolute atomic E-state index is 0.158. The van der Waals surface area contributed by atoms with Crippen LogP contribution in [0.15, 0.2) is 30.5 Å². The molecule has 2 atom stereocenters. The molecule has 0 spiro atoms. The maximum atomic E-state index is 11.7. The highest BCUT2D eigenvalue weighted by molar-refractivity contribution is 7.16. The fourth-order valence-corrected chi connectivity index (χ4v) is 4.32. The molecule has 2 aromatic rings. The van der Waals surface area contributed by atoms with Gasteiger partial charge in [-0.05, 0) is 43.5 Å². The molecule has 2 aromatic heterocycles. The zero-order valence-electron chi connectivity index (χ0n) is 12.9. The van der Waals surface area contributed by atoms with E-state index < -0.39 is 12.0 Å². The molecule has 2 unspecified atom stereocenters. The number of pyridine rings is 1. The van der Waals surface area contributed by atoms with Crippen LogP contribution in [0, 0.1) is 6.92 Å². The highest BCUT2D eigenvalue weighted by Gasteiger charge is 2.36. The van der Waals surface area contributed by atoms with Crippen molar-refractivity contribution in [2.24, 2.45) is 0 Å². The van der Waals surface area contributed by atoms with E-state index in [4.69, 9.17) is 11.6 Å². The second-order valence-electron chi connectivity index (χ2n) is 5.89. The van der Waals surface area contributed by atoms with Gasteiger partial charge in [0.2, 0.25) is 0 Å². The zero-order chi connectivity index (χ0) is 16.4. The van der Waals surface area contributed by atoms with Crippen LogP contribution in [-0.4, -0.2) is 33.5 Å². The third-order valence-electron chi connectivity index (χ3n) is 4.24. The van der Waals surface area contributed by atoms with Crippen molar-refractivity contribution in [1.29, 1.82) is 0 Å². The monoisotopic (exact) mass is 350 g/mol. The molecule has 1 N–H and O–H groups in total. The van der Waals surface area contributed by atoms with Crippen LogP contribution in [0.3, 0.4) is 0 Å². The second kappa shape index (κ2) is 6.99. The van der Waals surface area contributed by atoms with Crippen molar-refractivity contribution in [3.05, 3.63) is 50.9 Å². The van der Waals surface area contributed by atoms with Crippen LogP contribution in [0.25, 0.3) is 0 Å². The van der Waals surface area contributed by atoms with Crippen LogP contribution in [0.1, 0.15) is 41.4 Å². The van der Waals surface area contributed by atoms with Gasteiger partial charge in [-0.3, -0.25) is 14.7 Å². The highest BCUT2D eigenvalue weighted by atomic mass is 35.5. The van der Waals surface area contributed by atoms with E-state index in [9.17, 15) is 9.90 Å². The van der Waals surface area contributed by atoms with Crippen LogP contribution in [0.4, 0.5) is 0 Å². The van der Waals surface area contributed by atoms with E-state index in [1.165, 1.54) is 11.3 Å². The SMILES string of the molecule is Cc1ccc(C(c2ccc(Cl)s2)N2CCCCC2C(=O)O)nc1. The third-order valence-corrected chi connectivity index (χ3v) is 5.52. The quantitative estimate of drug-likeness (QED) is 0.900. The van der Waals surface area contributed by atoms with E-state index in [1.807, 2.05) is 37.4 Å². The molecule has 0 radical (unpaired) electrons. The van der Waals surface area contributed by atoms with E-state index in [0.717, 1.165) is 35.5 Å². The predicted molar refractivity (Wildman–Crippen MR) is 92.1 cm³/mol. The minimum atomic E-state index is -0.760. The second-order valence-corrected chi connectivity index (χ2v) is 7.64. The standard InChI is InChI=1S/C17H19ClN2O2S/c1-11-5-6-12(19-10-11)16(14-7-8-15(18)23-14)20-9-3-2-4-13(20)17(21)22/h5-8,10,13,16H,2-4,9H2,1H3,(H,21,22). The summed E-state index contributed by atoms with van der Waals surface area (Å²) in [6.45, 7) is 2.75. The number of aryl methyl sites for hydroxylation is 1. The minimum Gasteiger partial charge on any atom is -0.480 e. The maximum absolute atomic E-state index is 11.7. The number of aromatic nitrogens is 1. The first-order valence-corrected chi connectivity index (χ1v) is 8.92. The summed E-state index contributed by atoms with van der Waals surface area (Å²) in [5, 5.41) is 9.62. The van der Waals surface area contributed by atoms with Gasteiger partial charge in [-0.1, -0.05) is 24.1 Å². The molecule has 122 valence electrons. The molecule has 3 heterocycles. The summed E-state index contributed by atoms with van der Waals surface area (Å²) in [6, 6.07) is 7.22. The van der Waals surface area contributed by atoms with Gasteiger partial charge in [-0.25, -0.2) is 0 Å². The summed E-state index contributed by atoms with van der Waals surface area (Å²) < 4.78 is 0.709. The van der Waals surface area contributed by atoms with Crippen LogP contribution >= 0.6 is 22.9 Å². The van der Waals surface area contributed by atoms with Gasteiger partial charge in [-0.15, -0.1) is 11.3 Å². The number of carboxylic acid groups (broad SMARTS) is 1. The Morgan fingerprint density at radius 1 is 1.39 bits per heavy atom. The van der Waals surface area contributed by atoms with Crippen LogP contribution in [0.2, 0.25) is 4.34 Å². The molecule has 1 aliphatic heterocycles. The van der Waals surface area contributed by atoms with Gasteiger partial charge in [0.1, 0.15) is 6.04 Å². The van der Waals surface area contributed by atoms with Crippen molar-refractivity contribution >= 4 is 28.9 Å². The molecule has 0 saturated carbocycles. The van der Waals surface area contributed by atoms with E-state index in [0.29, 0.717) is 10.8 Å². The number of carboxylic acids is 1. The lowest BCUT2D eigenvalue weighted by atomic mass is 9.97. The lowest BCUT2D eigenvalue weighted by Crippen LogP contribution is -2.46. The van der Waals surface area contributed by atoms with Crippen molar-refractivity contribution in [3.8, 4) is 0 Å². The molecule has 0 amide bonds. The van der Waals surface area contributed by atoms with Crippen molar-refractivity contribution in [1.82, 2.24) is 9.88 Å². The molecule has 4 nitrogen and oxygen atoms in total.